The first kappa shape index (κ1) is 10.7. The van der Waals surface area contributed by atoms with Gasteiger partial charge < -0.3 is 9.84 Å². The average Bonchev–Trinajstić information content (AvgIpc) is 2.17. The Hall–Kier alpha value is -1.35. The Morgan fingerprint density at radius 3 is 2.86 bits per heavy atom. The van der Waals surface area contributed by atoms with Crippen LogP contribution in [0.15, 0.2) is 24.3 Å². The summed E-state index contributed by atoms with van der Waals surface area (Å²) >= 11 is 0. The number of benzene rings is 1. The Bertz CT molecular complexity index is 320. The van der Waals surface area contributed by atoms with E-state index in [-0.39, 0.29) is 12.2 Å². The summed E-state index contributed by atoms with van der Waals surface area (Å²) in [6.07, 6.45) is -0.588. The Labute approximate surface area is 83.3 Å². The number of ketones is 1. The van der Waals surface area contributed by atoms with Crippen molar-refractivity contribution in [1.29, 1.82) is 0 Å². The van der Waals surface area contributed by atoms with Crippen LogP contribution in [0.2, 0.25) is 0 Å². The highest BCUT2D eigenvalue weighted by molar-refractivity contribution is 5.76. The Morgan fingerprint density at radius 1 is 1.57 bits per heavy atom. The molecule has 0 fully saturated rings. The van der Waals surface area contributed by atoms with Gasteiger partial charge in [-0.2, -0.15) is 0 Å². The molecule has 1 N–H and O–H groups in total. The molecule has 0 aromatic heterocycles. The molecule has 0 unspecified atom stereocenters. The molecule has 0 aliphatic heterocycles. The maximum Gasteiger partial charge on any atom is 0.132 e. The summed E-state index contributed by atoms with van der Waals surface area (Å²) in [5.74, 6) is 0.658. The van der Waals surface area contributed by atoms with Crippen molar-refractivity contribution in [2.24, 2.45) is 0 Å². The van der Waals surface area contributed by atoms with Crippen molar-refractivity contribution < 1.29 is 14.6 Å². The van der Waals surface area contributed by atoms with Gasteiger partial charge in [0.15, 0.2) is 0 Å². The van der Waals surface area contributed by atoms with Gasteiger partial charge in [-0.25, -0.2) is 0 Å². The van der Waals surface area contributed by atoms with Crippen LogP contribution in [0.1, 0.15) is 25.0 Å². The van der Waals surface area contributed by atoms with E-state index in [4.69, 9.17) is 4.74 Å². The van der Waals surface area contributed by atoms with Gasteiger partial charge >= 0.3 is 0 Å². The SMILES string of the molecule is COc1cccc([C@@H](O)CC(C)=O)c1. The van der Waals surface area contributed by atoms with E-state index in [9.17, 15) is 9.90 Å². The molecule has 0 bridgehead atoms. The molecule has 3 heteroatoms. The Morgan fingerprint density at radius 2 is 2.29 bits per heavy atom. The van der Waals surface area contributed by atoms with Crippen molar-refractivity contribution in [3.05, 3.63) is 29.8 Å². The van der Waals surface area contributed by atoms with Gasteiger partial charge in [0.05, 0.1) is 13.2 Å². The number of hydrogen-bond donors (Lipinski definition) is 1. The third-order valence-electron chi connectivity index (χ3n) is 1.96. The van der Waals surface area contributed by atoms with Crippen LogP contribution in [0.5, 0.6) is 5.75 Å². The summed E-state index contributed by atoms with van der Waals surface area (Å²) in [7, 11) is 1.57. The summed E-state index contributed by atoms with van der Waals surface area (Å²) in [5.41, 5.74) is 0.708. The zero-order valence-corrected chi connectivity index (χ0v) is 8.36. The third kappa shape index (κ3) is 2.85. The summed E-state index contributed by atoms with van der Waals surface area (Å²) in [4.78, 5) is 10.8. The molecule has 0 saturated heterocycles. The summed E-state index contributed by atoms with van der Waals surface area (Å²) in [6, 6.07) is 7.09. The molecule has 3 nitrogen and oxygen atoms in total. The van der Waals surface area contributed by atoms with Crippen molar-refractivity contribution >= 4 is 5.78 Å². The molecular weight excluding hydrogens is 180 g/mol. The molecule has 1 aromatic rings. The fourth-order valence-corrected chi connectivity index (χ4v) is 1.24. The fourth-order valence-electron chi connectivity index (χ4n) is 1.24. The highest BCUT2D eigenvalue weighted by Crippen LogP contribution is 2.21. The monoisotopic (exact) mass is 194 g/mol. The quantitative estimate of drug-likeness (QED) is 0.793. The van der Waals surface area contributed by atoms with Crippen LogP contribution < -0.4 is 4.74 Å². The van der Waals surface area contributed by atoms with Gasteiger partial charge in [-0.05, 0) is 24.6 Å². The zero-order chi connectivity index (χ0) is 10.6. The van der Waals surface area contributed by atoms with Gasteiger partial charge in [0.1, 0.15) is 11.5 Å². The van der Waals surface area contributed by atoms with Crippen molar-refractivity contribution in [2.75, 3.05) is 7.11 Å². The van der Waals surface area contributed by atoms with Gasteiger partial charge in [0, 0.05) is 6.42 Å². The predicted octanol–water partition coefficient (Wildman–Crippen LogP) is 1.71. The van der Waals surface area contributed by atoms with Crippen LogP contribution in [0.3, 0.4) is 0 Å². The molecular formula is C11H14O3. The van der Waals surface area contributed by atoms with E-state index in [1.807, 2.05) is 0 Å². The number of rotatable bonds is 4. The van der Waals surface area contributed by atoms with Crippen molar-refractivity contribution in [3.63, 3.8) is 0 Å². The van der Waals surface area contributed by atoms with Gasteiger partial charge in [-0.15, -0.1) is 0 Å². The summed E-state index contributed by atoms with van der Waals surface area (Å²) in [6.45, 7) is 1.46. The molecule has 76 valence electrons. The summed E-state index contributed by atoms with van der Waals surface area (Å²) < 4.78 is 5.01. The number of Topliss-reactive ketones (excluding diaryl/α,β-unsaturated/α-hetero) is 1. The number of aliphatic hydroxyl groups is 1. The van der Waals surface area contributed by atoms with Crippen LogP contribution in [0.4, 0.5) is 0 Å². The molecule has 0 aliphatic carbocycles. The minimum absolute atomic E-state index is 0.0275. The lowest BCUT2D eigenvalue weighted by Crippen LogP contribution is -2.03. The first-order valence-electron chi connectivity index (χ1n) is 4.45. The van der Waals surface area contributed by atoms with Crippen LogP contribution in [0, 0.1) is 0 Å². The van der Waals surface area contributed by atoms with E-state index in [0.717, 1.165) is 0 Å². The highest BCUT2D eigenvalue weighted by Gasteiger charge is 2.10. The van der Waals surface area contributed by atoms with Gasteiger partial charge in [0.2, 0.25) is 0 Å². The largest absolute Gasteiger partial charge is 0.497 e. The highest BCUT2D eigenvalue weighted by atomic mass is 16.5. The molecule has 0 aliphatic rings. The molecule has 0 amide bonds. The Kier molecular flexibility index (Phi) is 3.65. The number of carbonyl (C=O) groups excluding carboxylic acids is 1. The minimum Gasteiger partial charge on any atom is -0.497 e. The second-order valence-corrected chi connectivity index (χ2v) is 3.20. The van der Waals surface area contributed by atoms with Crippen molar-refractivity contribution in [3.8, 4) is 5.75 Å². The molecule has 0 spiro atoms. The predicted molar refractivity (Wildman–Crippen MR) is 53.3 cm³/mol. The van der Waals surface area contributed by atoms with E-state index in [1.54, 1.807) is 31.4 Å². The molecule has 1 rings (SSSR count). The van der Waals surface area contributed by atoms with Gasteiger partial charge in [-0.3, -0.25) is 4.79 Å². The van der Waals surface area contributed by atoms with Gasteiger partial charge in [-0.1, -0.05) is 12.1 Å². The third-order valence-corrected chi connectivity index (χ3v) is 1.96. The molecule has 14 heavy (non-hydrogen) atoms. The maximum atomic E-state index is 10.8. The van der Waals surface area contributed by atoms with Crippen molar-refractivity contribution in [1.82, 2.24) is 0 Å². The molecule has 0 radical (unpaired) electrons. The zero-order valence-electron chi connectivity index (χ0n) is 8.36. The van der Waals surface area contributed by atoms with E-state index in [2.05, 4.69) is 0 Å². The van der Waals surface area contributed by atoms with E-state index >= 15 is 0 Å². The van der Waals surface area contributed by atoms with Crippen LogP contribution in [0.25, 0.3) is 0 Å². The number of ether oxygens (including phenoxy) is 1. The lowest BCUT2D eigenvalue weighted by Gasteiger charge is -2.09. The number of aliphatic hydroxyl groups excluding tert-OH is 1. The van der Waals surface area contributed by atoms with Crippen LogP contribution in [-0.2, 0) is 4.79 Å². The Balaban J connectivity index is 2.78. The van der Waals surface area contributed by atoms with E-state index < -0.39 is 6.10 Å². The minimum atomic E-state index is -0.734. The molecule has 0 saturated carbocycles. The second-order valence-electron chi connectivity index (χ2n) is 3.20. The fraction of sp³-hybridized carbons (Fsp3) is 0.364. The first-order chi connectivity index (χ1) is 6.63. The average molecular weight is 194 g/mol. The smallest absolute Gasteiger partial charge is 0.132 e. The standard InChI is InChI=1S/C11H14O3/c1-8(12)6-11(13)9-4-3-5-10(7-9)14-2/h3-5,7,11,13H,6H2,1-2H3/t11-/m0/s1. The van der Waals surface area contributed by atoms with E-state index in [1.165, 1.54) is 6.92 Å². The van der Waals surface area contributed by atoms with Crippen LogP contribution in [-0.4, -0.2) is 18.0 Å². The molecule has 1 aromatic carbocycles. The number of hydrogen-bond acceptors (Lipinski definition) is 3. The summed E-state index contributed by atoms with van der Waals surface area (Å²) in [5, 5.41) is 9.63. The van der Waals surface area contributed by atoms with Crippen molar-refractivity contribution in [2.45, 2.75) is 19.4 Å². The first-order valence-corrected chi connectivity index (χ1v) is 4.45. The topological polar surface area (TPSA) is 46.5 Å². The molecule has 1 atom stereocenters. The maximum absolute atomic E-state index is 10.8. The number of carbonyl (C=O) groups is 1. The van der Waals surface area contributed by atoms with E-state index in [0.29, 0.717) is 11.3 Å². The van der Waals surface area contributed by atoms with Gasteiger partial charge in [0.25, 0.3) is 0 Å². The lowest BCUT2D eigenvalue weighted by molar-refractivity contribution is -0.118. The normalized spacial score (nSPS) is 12.2. The lowest BCUT2D eigenvalue weighted by atomic mass is 10.0. The molecule has 0 heterocycles. The number of methoxy groups -OCH3 is 1. The second kappa shape index (κ2) is 4.77. The van der Waals surface area contributed by atoms with Crippen LogP contribution >= 0.6 is 0 Å².